The molecule has 8 aromatic carbocycles. The van der Waals surface area contributed by atoms with E-state index in [0.29, 0.717) is 0 Å². The maximum atomic E-state index is 2.41. The maximum Gasteiger partial charge on any atom is 0.0725 e. The monoisotopic (exact) mass is 722 g/mol. The minimum Gasteiger partial charge on any atom is -0.0683 e. The summed E-state index contributed by atoms with van der Waals surface area (Å²) in [5, 5.41) is 0. The first kappa shape index (κ1) is 36.7. The van der Waals surface area contributed by atoms with Gasteiger partial charge in [-0.05, 0) is 91.7 Å². The fraction of sp³-hybridized carbons (Fsp3) is 0.143. The third-order valence-corrected chi connectivity index (χ3v) is 11.8. The van der Waals surface area contributed by atoms with E-state index in [1.165, 1.54) is 89.0 Å². The van der Waals surface area contributed by atoms with Gasteiger partial charge in [0.1, 0.15) is 0 Å². The lowest BCUT2D eigenvalue weighted by Gasteiger charge is -2.33. The second-order valence-corrected chi connectivity index (χ2v) is 14.5. The third kappa shape index (κ3) is 5.35. The van der Waals surface area contributed by atoms with Crippen LogP contribution in [-0.4, -0.2) is 0 Å². The molecular weight excluding hydrogens is 673 g/mol. The van der Waals surface area contributed by atoms with Crippen LogP contribution in [0.1, 0.15) is 83.3 Å². The quantitative estimate of drug-likeness (QED) is 0.167. The summed E-state index contributed by atoms with van der Waals surface area (Å²) in [6.07, 6.45) is 0. The van der Waals surface area contributed by atoms with Gasteiger partial charge in [-0.2, -0.15) is 0 Å². The highest BCUT2D eigenvalue weighted by Gasteiger charge is 2.51. The second kappa shape index (κ2) is 15.1. The van der Waals surface area contributed by atoms with Crippen molar-refractivity contribution >= 4 is 0 Å². The number of benzene rings is 8. The molecule has 0 saturated carbocycles. The molecule has 3 aliphatic rings. The summed E-state index contributed by atoms with van der Waals surface area (Å²) in [5.74, 6) is 0. The minimum absolute atomic E-state index is 0.199. The zero-order chi connectivity index (χ0) is 38.9. The summed E-state index contributed by atoms with van der Waals surface area (Å²) in [6, 6.07) is 71.3. The molecular formula is C56H50. The van der Waals surface area contributed by atoms with Gasteiger partial charge in [-0.1, -0.05) is 233 Å². The Hall–Kier alpha value is -6.24. The van der Waals surface area contributed by atoms with E-state index in [-0.39, 0.29) is 10.8 Å². The van der Waals surface area contributed by atoms with Crippen LogP contribution in [0.4, 0.5) is 0 Å². The fourth-order valence-electron chi connectivity index (χ4n) is 9.77. The molecule has 8 aromatic rings. The van der Waals surface area contributed by atoms with Crippen molar-refractivity contribution in [1.82, 2.24) is 0 Å². The Morgan fingerprint density at radius 1 is 0.250 bits per heavy atom. The van der Waals surface area contributed by atoms with E-state index in [0.717, 1.165) is 0 Å². The molecule has 0 atom stereocenters. The van der Waals surface area contributed by atoms with Gasteiger partial charge in [0.2, 0.25) is 0 Å². The van der Waals surface area contributed by atoms with Crippen LogP contribution in [-0.2, 0) is 10.8 Å². The molecule has 56 heavy (non-hydrogen) atoms. The average Bonchev–Trinajstić information content (AvgIpc) is 3.86. The number of rotatable bonds is 2. The molecule has 0 fully saturated rings. The van der Waals surface area contributed by atoms with Gasteiger partial charge >= 0.3 is 0 Å². The first-order valence-corrected chi connectivity index (χ1v) is 20.4. The SMILES string of the molecule is CC.CC.Cc1ccc2c(c1)C1(c3ccccc3-c3ccccc31)c1cc(C)ccc1-2.c1ccc(C2(c3ccccc3)c3ccccc3-c3ccccc32)cc1. The van der Waals surface area contributed by atoms with Crippen molar-refractivity contribution < 1.29 is 0 Å². The van der Waals surface area contributed by atoms with Crippen LogP contribution in [0.25, 0.3) is 33.4 Å². The van der Waals surface area contributed by atoms with Gasteiger partial charge in [0.15, 0.2) is 0 Å². The van der Waals surface area contributed by atoms with E-state index in [1.807, 2.05) is 27.7 Å². The molecule has 0 N–H and O–H groups in total. The smallest absolute Gasteiger partial charge is 0.0683 e. The molecule has 0 heteroatoms. The average molecular weight is 723 g/mol. The van der Waals surface area contributed by atoms with E-state index >= 15 is 0 Å². The Labute approximate surface area is 334 Å². The molecule has 1 spiro atoms. The fourth-order valence-corrected chi connectivity index (χ4v) is 9.77. The van der Waals surface area contributed by atoms with Crippen LogP contribution in [0.3, 0.4) is 0 Å². The Kier molecular flexibility index (Phi) is 9.92. The molecule has 0 saturated heterocycles. The molecule has 0 heterocycles. The standard InChI is InChI=1S/C27H20.C25H18.2C2H6/c1-17-11-13-21-22-14-12-18(2)16-26(22)27(25(21)15-17)23-9-5-3-7-19(23)20-8-4-6-10-24(20)27;1-3-11-19(12-4-1)25(20-13-5-2-6-14-20)23-17-9-7-15-21(23)22-16-8-10-18-24(22)25;2*1-2/h3-16H,1-2H3;1-18H;2*1-2H3. The van der Waals surface area contributed by atoms with E-state index in [1.54, 1.807) is 0 Å². The predicted octanol–water partition coefficient (Wildman–Crippen LogP) is 14.7. The van der Waals surface area contributed by atoms with Crippen molar-refractivity contribution in [2.45, 2.75) is 52.4 Å². The molecule has 0 radical (unpaired) electrons. The summed E-state index contributed by atoms with van der Waals surface area (Å²) in [6.45, 7) is 12.4. The van der Waals surface area contributed by atoms with Crippen LogP contribution in [0.15, 0.2) is 194 Å². The summed E-state index contributed by atoms with van der Waals surface area (Å²) in [4.78, 5) is 0. The summed E-state index contributed by atoms with van der Waals surface area (Å²) in [7, 11) is 0. The second-order valence-electron chi connectivity index (χ2n) is 14.5. The predicted molar refractivity (Wildman–Crippen MR) is 239 cm³/mol. The zero-order valence-corrected chi connectivity index (χ0v) is 33.5. The van der Waals surface area contributed by atoms with Crippen LogP contribution in [0, 0.1) is 13.8 Å². The Morgan fingerprint density at radius 3 is 0.857 bits per heavy atom. The van der Waals surface area contributed by atoms with Gasteiger partial charge in [-0.25, -0.2) is 0 Å². The summed E-state index contributed by atoms with van der Waals surface area (Å²) >= 11 is 0. The lowest BCUT2D eigenvalue weighted by atomic mass is 9.68. The Morgan fingerprint density at radius 2 is 0.518 bits per heavy atom. The number of fused-ring (bicyclic) bond motifs is 13. The van der Waals surface area contributed by atoms with Gasteiger partial charge < -0.3 is 0 Å². The van der Waals surface area contributed by atoms with Crippen LogP contribution >= 0.6 is 0 Å². The van der Waals surface area contributed by atoms with E-state index in [2.05, 4.69) is 208 Å². The highest BCUT2D eigenvalue weighted by molar-refractivity contribution is 5.95. The van der Waals surface area contributed by atoms with Crippen molar-refractivity contribution in [3.8, 4) is 33.4 Å². The lowest BCUT2D eigenvalue weighted by Crippen LogP contribution is -2.28. The summed E-state index contributed by atoms with van der Waals surface area (Å²) in [5.41, 5.74) is 21.4. The van der Waals surface area contributed by atoms with Crippen molar-refractivity contribution in [3.63, 3.8) is 0 Å². The minimum atomic E-state index is -0.254. The van der Waals surface area contributed by atoms with Crippen molar-refractivity contribution in [1.29, 1.82) is 0 Å². The Bertz CT molecular complexity index is 2460. The number of hydrogen-bond acceptors (Lipinski definition) is 0. The van der Waals surface area contributed by atoms with Gasteiger partial charge in [-0.15, -0.1) is 0 Å². The lowest BCUT2D eigenvalue weighted by molar-refractivity contribution is 0.768. The first-order valence-electron chi connectivity index (χ1n) is 20.4. The molecule has 0 nitrogen and oxygen atoms in total. The third-order valence-electron chi connectivity index (χ3n) is 11.8. The van der Waals surface area contributed by atoms with Gasteiger partial charge in [-0.3, -0.25) is 0 Å². The van der Waals surface area contributed by atoms with Crippen LogP contribution in [0.5, 0.6) is 0 Å². The molecule has 0 aromatic heterocycles. The van der Waals surface area contributed by atoms with Gasteiger partial charge in [0.05, 0.1) is 10.8 Å². The molecule has 0 amide bonds. The van der Waals surface area contributed by atoms with Crippen molar-refractivity contribution in [2.24, 2.45) is 0 Å². The zero-order valence-electron chi connectivity index (χ0n) is 33.5. The van der Waals surface area contributed by atoms with Crippen LogP contribution < -0.4 is 0 Å². The Balaban J connectivity index is 0.000000145. The molecule has 0 unspecified atom stereocenters. The molecule has 274 valence electrons. The van der Waals surface area contributed by atoms with Crippen LogP contribution in [0.2, 0.25) is 0 Å². The summed E-state index contributed by atoms with van der Waals surface area (Å²) < 4.78 is 0. The number of aryl methyl sites for hydroxylation is 2. The normalized spacial score (nSPS) is 13.5. The number of hydrogen-bond donors (Lipinski definition) is 0. The van der Waals surface area contributed by atoms with Crippen molar-refractivity contribution in [3.05, 3.63) is 250 Å². The van der Waals surface area contributed by atoms with E-state index in [9.17, 15) is 0 Å². The van der Waals surface area contributed by atoms with Gasteiger partial charge in [0, 0.05) is 0 Å². The van der Waals surface area contributed by atoms with Crippen molar-refractivity contribution in [2.75, 3.05) is 0 Å². The van der Waals surface area contributed by atoms with Gasteiger partial charge in [0.25, 0.3) is 0 Å². The van der Waals surface area contributed by atoms with E-state index < -0.39 is 0 Å². The maximum absolute atomic E-state index is 2.41. The molecule has 0 aliphatic heterocycles. The molecule has 11 rings (SSSR count). The highest BCUT2D eigenvalue weighted by atomic mass is 14.5. The first-order chi connectivity index (χ1) is 27.6. The molecule has 0 bridgehead atoms. The highest BCUT2D eigenvalue weighted by Crippen LogP contribution is 2.63. The topological polar surface area (TPSA) is 0 Å². The largest absolute Gasteiger partial charge is 0.0725 e. The molecule has 3 aliphatic carbocycles. The van der Waals surface area contributed by atoms with E-state index in [4.69, 9.17) is 0 Å².